The molecule has 102 valence electrons. The molecule has 0 aliphatic carbocycles. The lowest BCUT2D eigenvalue weighted by atomic mass is 10.1. The molecule has 0 aromatic carbocycles. The quantitative estimate of drug-likeness (QED) is 0.537. The molecule has 0 atom stereocenters. The molecule has 3 heterocycles. The SMILES string of the molecule is [B]c1nc2c([nH]1)c1nc(C)nn1c(=O)n2CCCCC. The largest absolute Gasteiger partial charge is 0.352 e. The Hall–Kier alpha value is -2.12. The van der Waals surface area contributed by atoms with Crippen molar-refractivity contribution in [3.05, 3.63) is 16.3 Å². The first-order chi connectivity index (χ1) is 9.61. The second-order valence-corrected chi connectivity index (χ2v) is 4.86. The molecule has 3 aromatic rings. The number of aromatic nitrogens is 6. The van der Waals surface area contributed by atoms with Crippen LogP contribution in [0.15, 0.2) is 4.79 Å². The van der Waals surface area contributed by atoms with Crippen LogP contribution in [0.4, 0.5) is 0 Å². The van der Waals surface area contributed by atoms with Crippen molar-refractivity contribution in [3.8, 4) is 0 Å². The minimum Gasteiger partial charge on any atom is -0.347 e. The molecular weight excluding hydrogens is 255 g/mol. The van der Waals surface area contributed by atoms with Gasteiger partial charge in [0.05, 0.1) is 5.72 Å². The zero-order valence-electron chi connectivity index (χ0n) is 11.6. The Bertz CT molecular complexity index is 830. The molecule has 3 rings (SSSR count). The van der Waals surface area contributed by atoms with Gasteiger partial charge in [0, 0.05) is 6.54 Å². The summed E-state index contributed by atoms with van der Waals surface area (Å²) in [6.07, 6.45) is 3.06. The molecule has 0 fully saturated rings. The number of nitrogens with one attached hydrogen (secondary N) is 1. The molecule has 2 radical (unpaired) electrons. The van der Waals surface area contributed by atoms with Crippen LogP contribution in [-0.2, 0) is 6.54 Å². The number of unbranched alkanes of at least 4 members (excludes halogenated alkanes) is 2. The summed E-state index contributed by atoms with van der Waals surface area (Å²) in [7, 11) is 5.72. The highest BCUT2D eigenvalue weighted by atomic mass is 16.2. The van der Waals surface area contributed by atoms with Gasteiger partial charge in [-0.15, -0.1) is 5.10 Å². The van der Waals surface area contributed by atoms with Crippen LogP contribution in [0.3, 0.4) is 0 Å². The van der Waals surface area contributed by atoms with Crippen LogP contribution in [0.5, 0.6) is 0 Å². The zero-order valence-corrected chi connectivity index (χ0v) is 11.6. The standard InChI is InChI=1S/C12H15BN6O/c1-3-4-5-6-18-9-8(15-11(13)16-9)10-14-7(2)17-19(10)12(18)20/h3-6H2,1-2H3,(H,15,16). The van der Waals surface area contributed by atoms with Crippen molar-refractivity contribution in [2.45, 2.75) is 39.7 Å². The topological polar surface area (TPSA) is 80.9 Å². The summed E-state index contributed by atoms with van der Waals surface area (Å²) in [4.78, 5) is 23.9. The van der Waals surface area contributed by atoms with Crippen molar-refractivity contribution >= 4 is 30.4 Å². The van der Waals surface area contributed by atoms with Crippen LogP contribution in [-0.4, -0.2) is 37.0 Å². The molecule has 0 saturated carbocycles. The van der Waals surface area contributed by atoms with Gasteiger partial charge in [-0.3, -0.25) is 4.57 Å². The molecule has 20 heavy (non-hydrogen) atoms. The second-order valence-electron chi connectivity index (χ2n) is 4.86. The number of imidazole rings is 1. The van der Waals surface area contributed by atoms with E-state index < -0.39 is 0 Å². The van der Waals surface area contributed by atoms with E-state index in [2.05, 4.69) is 27.0 Å². The molecule has 0 unspecified atom stereocenters. The third-order valence-electron chi connectivity index (χ3n) is 3.29. The van der Waals surface area contributed by atoms with Crippen LogP contribution in [0.25, 0.3) is 16.8 Å². The Labute approximate surface area is 116 Å². The van der Waals surface area contributed by atoms with Crippen LogP contribution in [0, 0.1) is 6.92 Å². The number of aromatic amines is 1. The Morgan fingerprint density at radius 2 is 2.05 bits per heavy atom. The maximum Gasteiger partial charge on any atom is 0.352 e. The number of nitrogens with zero attached hydrogens (tertiary/aromatic N) is 5. The third kappa shape index (κ3) is 1.91. The van der Waals surface area contributed by atoms with Crippen molar-refractivity contribution in [1.82, 2.24) is 29.1 Å². The predicted molar refractivity (Wildman–Crippen MR) is 76.5 cm³/mol. The average molecular weight is 270 g/mol. The summed E-state index contributed by atoms with van der Waals surface area (Å²) in [6.45, 7) is 4.47. The summed E-state index contributed by atoms with van der Waals surface area (Å²) in [5.41, 5.74) is 1.72. The molecule has 0 aliphatic heterocycles. The van der Waals surface area contributed by atoms with Gasteiger partial charge in [-0.1, -0.05) is 19.8 Å². The fraction of sp³-hybridized carbons (Fsp3) is 0.500. The van der Waals surface area contributed by atoms with Crippen LogP contribution in [0.1, 0.15) is 32.0 Å². The Morgan fingerprint density at radius 1 is 1.25 bits per heavy atom. The van der Waals surface area contributed by atoms with Gasteiger partial charge in [-0.25, -0.2) is 14.8 Å². The predicted octanol–water partition coefficient (Wildman–Crippen LogP) is 0.0597. The summed E-state index contributed by atoms with van der Waals surface area (Å²) in [6, 6.07) is 0. The number of aryl methyl sites for hydroxylation is 2. The number of rotatable bonds is 4. The van der Waals surface area contributed by atoms with Crippen LogP contribution >= 0.6 is 0 Å². The first-order valence-corrected chi connectivity index (χ1v) is 6.73. The van der Waals surface area contributed by atoms with Gasteiger partial charge < -0.3 is 4.98 Å². The van der Waals surface area contributed by atoms with Crippen molar-refractivity contribution < 1.29 is 0 Å². The van der Waals surface area contributed by atoms with E-state index in [-0.39, 0.29) is 11.4 Å². The summed E-state index contributed by atoms with van der Waals surface area (Å²) in [5.74, 6) is 0.544. The van der Waals surface area contributed by atoms with Gasteiger partial charge in [0.15, 0.2) is 19.1 Å². The summed E-state index contributed by atoms with van der Waals surface area (Å²) < 4.78 is 2.92. The first kappa shape index (κ1) is 12.9. The molecule has 0 bridgehead atoms. The molecule has 3 aromatic heterocycles. The van der Waals surface area contributed by atoms with Crippen LogP contribution in [0.2, 0.25) is 0 Å². The molecule has 7 nitrogen and oxygen atoms in total. The number of hydrogen-bond acceptors (Lipinski definition) is 4. The van der Waals surface area contributed by atoms with E-state index in [4.69, 9.17) is 7.85 Å². The first-order valence-electron chi connectivity index (χ1n) is 6.73. The summed E-state index contributed by atoms with van der Waals surface area (Å²) >= 11 is 0. The number of hydrogen-bond donors (Lipinski definition) is 1. The maximum absolute atomic E-state index is 12.5. The molecule has 0 aliphatic rings. The molecule has 0 amide bonds. The van der Waals surface area contributed by atoms with E-state index in [1.54, 1.807) is 11.5 Å². The minimum atomic E-state index is -0.226. The Morgan fingerprint density at radius 3 is 2.80 bits per heavy atom. The molecular formula is C12H15BN6O. The lowest BCUT2D eigenvalue weighted by molar-refractivity contribution is 0.579. The monoisotopic (exact) mass is 270 g/mol. The highest BCUT2D eigenvalue weighted by molar-refractivity contribution is 6.30. The van der Waals surface area contributed by atoms with Crippen molar-refractivity contribution in [2.24, 2.45) is 0 Å². The van der Waals surface area contributed by atoms with Crippen molar-refractivity contribution in [3.63, 3.8) is 0 Å². The number of H-pyrrole nitrogens is 1. The van der Waals surface area contributed by atoms with Gasteiger partial charge in [0.1, 0.15) is 11.3 Å². The Balaban J connectivity index is 2.29. The summed E-state index contributed by atoms with van der Waals surface area (Å²) in [5, 5.41) is 4.14. The maximum atomic E-state index is 12.5. The third-order valence-corrected chi connectivity index (χ3v) is 3.29. The van der Waals surface area contributed by atoms with E-state index in [9.17, 15) is 4.79 Å². The second kappa shape index (κ2) is 4.77. The van der Waals surface area contributed by atoms with Crippen molar-refractivity contribution in [1.29, 1.82) is 0 Å². The molecule has 8 heteroatoms. The fourth-order valence-electron chi connectivity index (χ4n) is 2.37. The molecule has 1 N–H and O–H groups in total. The highest BCUT2D eigenvalue weighted by Crippen LogP contribution is 2.12. The van der Waals surface area contributed by atoms with Gasteiger partial charge in [-0.05, 0) is 13.3 Å². The van der Waals surface area contributed by atoms with Gasteiger partial charge in [-0.2, -0.15) is 4.52 Å². The van der Waals surface area contributed by atoms with Gasteiger partial charge >= 0.3 is 5.69 Å². The van der Waals surface area contributed by atoms with E-state index in [0.717, 1.165) is 19.3 Å². The fourth-order valence-corrected chi connectivity index (χ4v) is 2.37. The van der Waals surface area contributed by atoms with Crippen molar-refractivity contribution in [2.75, 3.05) is 0 Å². The zero-order chi connectivity index (χ0) is 14.3. The average Bonchev–Trinajstić information content (AvgIpc) is 2.96. The Kier molecular flexibility index (Phi) is 3.08. The van der Waals surface area contributed by atoms with E-state index >= 15 is 0 Å². The molecule has 0 saturated heterocycles. The van der Waals surface area contributed by atoms with Gasteiger partial charge in [0.2, 0.25) is 0 Å². The molecule has 0 spiro atoms. The minimum absolute atomic E-state index is 0.226. The lowest BCUT2D eigenvalue weighted by Gasteiger charge is -2.06. The number of fused-ring (bicyclic) bond motifs is 3. The highest BCUT2D eigenvalue weighted by Gasteiger charge is 2.16. The van der Waals surface area contributed by atoms with E-state index in [1.165, 1.54) is 4.52 Å². The van der Waals surface area contributed by atoms with Crippen LogP contribution < -0.4 is 11.4 Å². The lowest BCUT2D eigenvalue weighted by Crippen LogP contribution is -2.28. The van der Waals surface area contributed by atoms with E-state index in [0.29, 0.717) is 29.2 Å². The normalized spacial score (nSPS) is 11.7. The van der Waals surface area contributed by atoms with Gasteiger partial charge in [0.25, 0.3) is 0 Å². The van der Waals surface area contributed by atoms with E-state index in [1.807, 2.05) is 0 Å². The smallest absolute Gasteiger partial charge is 0.347 e.